The van der Waals surface area contributed by atoms with Crippen molar-refractivity contribution in [3.05, 3.63) is 17.3 Å². The molecule has 1 aromatic rings. The van der Waals surface area contributed by atoms with Crippen LogP contribution in [0.4, 0.5) is 5.82 Å². The van der Waals surface area contributed by atoms with Gasteiger partial charge in [0.05, 0.1) is 17.2 Å². The van der Waals surface area contributed by atoms with Crippen molar-refractivity contribution < 1.29 is 18.3 Å². The van der Waals surface area contributed by atoms with Crippen LogP contribution in [-0.4, -0.2) is 53.4 Å². The zero-order valence-electron chi connectivity index (χ0n) is 12.3. The van der Waals surface area contributed by atoms with Gasteiger partial charge in [-0.05, 0) is 19.9 Å². The van der Waals surface area contributed by atoms with E-state index in [0.717, 1.165) is 11.9 Å². The number of aromatic nitrogens is 2. The van der Waals surface area contributed by atoms with Crippen LogP contribution >= 0.6 is 0 Å². The van der Waals surface area contributed by atoms with E-state index in [1.807, 2.05) is 11.8 Å². The van der Waals surface area contributed by atoms with Crippen LogP contribution in [0.2, 0.25) is 0 Å². The molecule has 0 aromatic carbocycles. The smallest absolute Gasteiger partial charge is 0.328 e. The Labute approximate surface area is 123 Å². The van der Waals surface area contributed by atoms with Crippen LogP contribution in [0.3, 0.4) is 0 Å². The summed E-state index contributed by atoms with van der Waals surface area (Å²) in [5, 5.41) is 13.1. The summed E-state index contributed by atoms with van der Waals surface area (Å²) >= 11 is 0. The number of sulfone groups is 1. The first-order chi connectivity index (χ1) is 9.71. The van der Waals surface area contributed by atoms with Crippen molar-refractivity contribution in [1.82, 2.24) is 9.78 Å². The second-order valence-electron chi connectivity index (χ2n) is 5.27. The molecule has 0 aliphatic carbocycles. The van der Waals surface area contributed by atoms with E-state index >= 15 is 0 Å². The maximum atomic E-state index is 11.7. The average Bonchev–Trinajstić information content (AvgIpc) is 2.60. The number of hydrogen-bond acceptors (Lipinski definition) is 5. The third-order valence-electron chi connectivity index (χ3n) is 3.57. The molecule has 116 valence electrons. The summed E-state index contributed by atoms with van der Waals surface area (Å²) in [6.45, 7) is 4.04. The van der Waals surface area contributed by atoms with Gasteiger partial charge in [-0.1, -0.05) is 0 Å². The second kappa shape index (κ2) is 5.51. The zero-order valence-corrected chi connectivity index (χ0v) is 13.1. The highest BCUT2D eigenvalue weighted by Gasteiger charge is 2.31. The van der Waals surface area contributed by atoms with E-state index in [-0.39, 0.29) is 17.5 Å². The number of aryl methyl sites for hydroxylation is 2. The van der Waals surface area contributed by atoms with E-state index in [0.29, 0.717) is 17.8 Å². The number of nitrogens with zero attached hydrogens (tertiary/aromatic N) is 3. The molecule has 0 bridgehead atoms. The van der Waals surface area contributed by atoms with Crippen molar-refractivity contribution in [3.8, 4) is 0 Å². The molecule has 1 N–H and O–H groups in total. The number of anilines is 1. The molecule has 8 heteroatoms. The predicted octanol–water partition coefficient (Wildman–Crippen LogP) is 0.450. The van der Waals surface area contributed by atoms with Gasteiger partial charge < -0.3 is 10.0 Å². The highest BCUT2D eigenvalue weighted by atomic mass is 32.2. The van der Waals surface area contributed by atoms with Crippen LogP contribution in [0, 0.1) is 6.92 Å². The normalized spacial score (nSPS) is 21.9. The second-order valence-corrected chi connectivity index (χ2v) is 7.50. The lowest BCUT2D eigenvalue weighted by molar-refractivity contribution is -0.131. The van der Waals surface area contributed by atoms with Crippen LogP contribution in [0.15, 0.2) is 6.08 Å². The molecule has 1 unspecified atom stereocenters. The average molecular weight is 313 g/mol. The molecule has 0 spiro atoms. The van der Waals surface area contributed by atoms with Crippen LogP contribution < -0.4 is 4.90 Å². The lowest BCUT2D eigenvalue weighted by Gasteiger charge is -2.35. The maximum absolute atomic E-state index is 11.7. The van der Waals surface area contributed by atoms with Crippen molar-refractivity contribution in [2.45, 2.75) is 19.9 Å². The molecule has 1 aliphatic heterocycles. The van der Waals surface area contributed by atoms with E-state index in [1.165, 1.54) is 6.08 Å². The van der Waals surface area contributed by atoms with E-state index in [9.17, 15) is 13.2 Å². The van der Waals surface area contributed by atoms with Crippen LogP contribution in [-0.2, 0) is 21.7 Å². The highest BCUT2D eigenvalue weighted by Crippen LogP contribution is 2.28. The summed E-state index contributed by atoms with van der Waals surface area (Å²) < 4.78 is 25.0. The monoisotopic (exact) mass is 313 g/mol. The molecule has 7 nitrogen and oxygen atoms in total. The minimum absolute atomic E-state index is 0.0965. The molecule has 1 fully saturated rings. The summed E-state index contributed by atoms with van der Waals surface area (Å²) in [4.78, 5) is 12.7. The first-order valence-corrected chi connectivity index (χ1v) is 8.45. The topological polar surface area (TPSA) is 92.5 Å². The third-order valence-corrected chi connectivity index (χ3v) is 5.37. The Hall–Kier alpha value is -1.83. The number of carboxylic acids is 1. The van der Waals surface area contributed by atoms with E-state index in [1.54, 1.807) is 18.7 Å². The van der Waals surface area contributed by atoms with E-state index in [2.05, 4.69) is 5.10 Å². The van der Waals surface area contributed by atoms with Gasteiger partial charge in [0.15, 0.2) is 9.84 Å². The van der Waals surface area contributed by atoms with Gasteiger partial charge in [-0.15, -0.1) is 0 Å². The third kappa shape index (κ3) is 3.26. The Morgan fingerprint density at radius 2 is 2.14 bits per heavy atom. The van der Waals surface area contributed by atoms with Crippen molar-refractivity contribution >= 4 is 27.7 Å². The lowest BCUT2D eigenvalue weighted by Crippen LogP contribution is -2.48. The molecular weight excluding hydrogens is 294 g/mol. The molecule has 1 atom stereocenters. The fraction of sp³-hybridized carbons (Fsp3) is 0.538. The number of rotatable bonds is 3. The number of carboxylic acid groups (broad SMARTS) is 1. The maximum Gasteiger partial charge on any atom is 0.328 e. The minimum Gasteiger partial charge on any atom is -0.478 e. The Morgan fingerprint density at radius 3 is 2.71 bits per heavy atom. The number of aliphatic carboxylic acids is 1. The quantitative estimate of drug-likeness (QED) is 0.815. The van der Waals surface area contributed by atoms with Gasteiger partial charge in [0, 0.05) is 31.3 Å². The SMILES string of the molecule is Cc1nn(C)c(N2CCS(=O)(=O)CC2C)c1/C=C/C(=O)O. The standard InChI is InChI=1S/C13H19N3O4S/c1-9-8-21(19,20)7-6-16(9)13-11(4-5-12(17)18)10(2)14-15(13)3/h4-5,9H,6-8H2,1-3H3,(H,17,18)/b5-4+. The Balaban J connectivity index is 2.42. The summed E-state index contributed by atoms with van der Waals surface area (Å²) in [5.74, 6) is -0.0750. The molecule has 0 saturated carbocycles. The molecule has 0 amide bonds. The summed E-state index contributed by atoms with van der Waals surface area (Å²) in [7, 11) is -1.23. The van der Waals surface area contributed by atoms with Crippen molar-refractivity contribution in [3.63, 3.8) is 0 Å². The summed E-state index contributed by atoms with van der Waals surface area (Å²) in [5.41, 5.74) is 1.43. The molecule has 1 saturated heterocycles. The Morgan fingerprint density at radius 1 is 1.48 bits per heavy atom. The number of carbonyl (C=O) groups is 1. The number of hydrogen-bond donors (Lipinski definition) is 1. The zero-order chi connectivity index (χ0) is 15.8. The lowest BCUT2D eigenvalue weighted by atomic mass is 10.2. The van der Waals surface area contributed by atoms with Gasteiger partial charge >= 0.3 is 5.97 Å². The van der Waals surface area contributed by atoms with E-state index in [4.69, 9.17) is 5.11 Å². The minimum atomic E-state index is -3.00. The first kappa shape index (κ1) is 15.6. The first-order valence-electron chi connectivity index (χ1n) is 6.63. The fourth-order valence-corrected chi connectivity index (χ4v) is 4.22. The fourth-order valence-electron chi connectivity index (χ4n) is 2.67. The van der Waals surface area contributed by atoms with Gasteiger partial charge in [-0.25, -0.2) is 13.2 Å². The van der Waals surface area contributed by atoms with Gasteiger partial charge in [-0.2, -0.15) is 5.10 Å². The molecule has 1 aromatic heterocycles. The van der Waals surface area contributed by atoms with Crippen molar-refractivity contribution in [1.29, 1.82) is 0 Å². The Bertz CT molecular complexity index is 691. The molecule has 2 heterocycles. The molecule has 1 aliphatic rings. The van der Waals surface area contributed by atoms with Crippen molar-refractivity contribution in [2.75, 3.05) is 23.0 Å². The molecule has 0 radical (unpaired) electrons. The van der Waals surface area contributed by atoms with Gasteiger partial charge in [-0.3, -0.25) is 4.68 Å². The predicted molar refractivity (Wildman–Crippen MR) is 80.1 cm³/mol. The van der Waals surface area contributed by atoms with Gasteiger partial charge in [0.2, 0.25) is 0 Å². The van der Waals surface area contributed by atoms with Crippen molar-refractivity contribution in [2.24, 2.45) is 7.05 Å². The van der Waals surface area contributed by atoms with Crippen LogP contribution in [0.1, 0.15) is 18.2 Å². The summed E-state index contributed by atoms with van der Waals surface area (Å²) in [6, 6.07) is -0.171. The molecule has 21 heavy (non-hydrogen) atoms. The van der Waals surface area contributed by atoms with Gasteiger partial charge in [0.1, 0.15) is 5.82 Å². The van der Waals surface area contributed by atoms with Gasteiger partial charge in [0.25, 0.3) is 0 Å². The van der Waals surface area contributed by atoms with E-state index < -0.39 is 15.8 Å². The van der Waals surface area contributed by atoms with Crippen LogP contribution in [0.25, 0.3) is 6.08 Å². The highest BCUT2D eigenvalue weighted by molar-refractivity contribution is 7.91. The molecule has 2 rings (SSSR count). The van der Waals surface area contributed by atoms with Crippen LogP contribution in [0.5, 0.6) is 0 Å². The Kier molecular flexibility index (Phi) is 4.08. The largest absolute Gasteiger partial charge is 0.478 e. The summed E-state index contributed by atoms with van der Waals surface area (Å²) in [6.07, 6.45) is 2.58. The molecular formula is C13H19N3O4S.